The number of aromatic nitrogens is 1. The van der Waals surface area contributed by atoms with E-state index in [0.717, 1.165) is 0 Å². The molecule has 0 bridgehead atoms. The van der Waals surface area contributed by atoms with Crippen LogP contribution in [-0.4, -0.2) is 45.0 Å². The standard InChI is InChI=1S/C28H26N2O7/c1-17(19-13-21(33-2)15-22(14-19)34-3)26(28(32)35-4)23(27(31)30-20-7-9-29-10-8-20)11-18-5-6-24-25(12-18)37-16-36-24/h5-15H,16H2,1-4H3,(H,29,30,31). The minimum absolute atomic E-state index is 0.0713. The molecule has 4 rings (SSSR count). The number of allylic oxidation sites excluding steroid dienone is 1. The van der Waals surface area contributed by atoms with Crippen LogP contribution in [0.5, 0.6) is 23.0 Å². The smallest absolute Gasteiger partial charge is 0.338 e. The third-order valence-corrected chi connectivity index (χ3v) is 5.71. The van der Waals surface area contributed by atoms with Gasteiger partial charge in [-0.2, -0.15) is 0 Å². The van der Waals surface area contributed by atoms with E-state index in [-0.39, 0.29) is 17.9 Å². The van der Waals surface area contributed by atoms with Gasteiger partial charge in [0.05, 0.1) is 32.5 Å². The van der Waals surface area contributed by atoms with Crippen molar-refractivity contribution in [3.8, 4) is 23.0 Å². The van der Waals surface area contributed by atoms with Crippen LogP contribution < -0.4 is 24.3 Å². The molecular formula is C28H26N2O7. The molecule has 0 saturated heterocycles. The lowest BCUT2D eigenvalue weighted by Crippen LogP contribution is -2.21. The zero-order chi connectivity index (χ0) is 26.4. The number of hydrogen-bond donors (Lipinski definition) is 1. The molecule has 2 heterocycles. The van der Waals surface area contributed by atoms with Gasteiger partial charge in [0.15, 0.2) is 11.5 Å². The van der Waals surface area contributed by atoms with Crippen molar-refractivity contribution in [3.63, 3.8) is 0 Å². The van der Waals surface area contributed by atoms with Gasteiger partial charge in [-0.3, -0.25) is 9.78 Å². The van der Waals surface area contributed by atoms with Crippen molar-refractivity contribution < 1.29 is 33.3 Å². The van der Waals surface area contributed by atoms with Crippen molar-refractivity contribution in [2.45, 2.75) is 6.92 Å². The van der Waals surface area contributed by atoms with Crippen LogP contribution in [0.2, 0.25) is 0 Å². The van der Waals surface area contributed by atoms with Crippen molar-refractivity contribution in [2.75, 3.05) is 33.4 Å². The molecule has 1 N–H and O–H groups in total. The minimum atomic E-state index is -0.684. The number of anilines is 1. The molecule has 2 aromatic carbocycles. The summed E-state index contributed by atoms with van der Waals surface area (Å²) in [5.41, 5.74) is 2.40. The fourth-order valence-corrected chi connectivity index (χ4v) is 3.79. The summed E-state index contributed by atoms with van der Waals surface area (Å²) in [6, 6.07) is 13.8. The van der Waals surface area contributed by atoms with Crippen LogP contribution in [0.3, 0.4) is 0 Å². The van der Waals surface area contributed by atoms with Gasteiger partial charge in [0.1, 0.15) is 11.5 Å². The summed E-state index contributed by atoms with van der Waals surface area (Å²) in [6.45, 7) is 1.84. The van der Waals surface area contributed by atoms with Crippen molar-refractivity contribution in [3.05, 3.63) is 83.2 Å². The molecule has 9 nitrogen and oxygen atoms in total. The highest BCUT2D eigenvalue weighted by Crippen LogP contribution is 2.35. The predicted octanol–water partition coefficient (Wildman–Crippen LogP) is 4.50. The first-order chi connectivity index (χ1) is 17.9. The fraction of sp³-hybridized carbons (Fsp3) is 0.179. The zero-order valence-electron chi connectivity index (χ0n) is 20.9. The van der Waals surface area contributed by atoms with Crippen molar-refractivity contribution in [2.24, 2.45) is 0 Å². The highest BCUT2D eigenvalue weighted by atomic mass is 16.7. The maximum Gasteiger partial charge on any atom is 0.338 e. The lowest BCUT2D eigenvalue weighted by molar-refractivity contribution is -0.136. The molecule has 0 saturated carbocycles. The molecule has 0 atom stereocenters. The number of nitrogens with zero attached hydrogens (tertiary/aromatic N) is 1. The molecular weight excluding hydrogens is 476 g/mol. The number of nitrogens with one attached hydrogen (secondary N) is 1. The average molecular weight is 503 g/mol. The minimum Gasteiger partial charge on any atom is -0.497 e. The molecule has 0 aliphatic carbocycles. The van der Waals surface area contributed by atoms with Crippen LogP contribution in [0.15, 0.2) is 72.1 Å². The summed E-state index contributed by atoms with van der Waals surface area (Å²) in [4.78, 5) is 30.8. The lowest BCUT2D eigenvalue weighted by Gasteiger charge is -2.16. The predicted molar refractivity (Wildman–Crippen MR) is 138 cm³/mol. The first-order valence-electron chi connectivity index (χ1n) is 11.3. The third kappa shape index (κ3) is 5.72. The number of amides is 1. The molecule has 0 unspecified atom stereocenters. The van der Waals surface area contributed by atoms with Crippen LogP contribution in [0.25, 0.3) is 11.6 Å². The van der Waals surface area contributed by atoms with Gasteiger partial charge < -0.3 is 29.0 Å². The van der Waals surface area contributed by atoms with E-state index >= 15 is 0 Å². The number of fused-ring (bicyclic) bond motifs is 1. The first-order valence-corrected chi connectivity index (χ1v) is 11.3. The largest absolute Gasteiger partial charge is 0.497 e. The number of hydrogen-bond acceptors (Lipinski definition) is 8. The summed E-state index contributed by atoms with van der Waals surface area (Å²) in [5, 5.41) is 2.83. The van der Waals surface area contributed by atoms with Gasteiger partial charge in [-0.1, -0.05) is 6.07 Å². The van der Waals surface area contributed by atoms with Crippen molar-refractivity contribution in [1.29, 1.82) is 0 Å². The second kappa shape index (κ2) is 11.3. The van der Waals surface area contributed by atoms with Gasteiger partial charge >= 0.3 is 5.97 Å². The molecule has 0 spiro atoms. The number of carbonyl (C=O) groups excluding carboxylic acids is 2. The van der Waals surface area contributed by atoms with Crippen LogP contribution in [0, 0.1) is 0 Å². The Balaban J connectivity index is 1.90. The van der Waals surface area contributed by atoms with E-state index in [2.05, 4.69) is 10.3 Å². The molecule has 0 radical (unpaired) electrons. The quantitative estimate of drug-likeness (QED) is 0.273. The number of ether oxygens (including phenoxy) is 5. The van der Waals surface area contributed by atoms with E-state index in [0.29, 0.717) is 45.4 Å². The maximum absolute atomic E-state index is 13.6. The highest BCUT2D eigenvalue weighted by molar-refractivity contribution is 6.19. The Morgan fingerprint density at radius 2 is 1.59 bits per heavy atom. The monoisotopic (exact) mass is 502 g/mol. The summed E-state index contributed by atoms with van der Waals surface area (Å²) in [5.74, 6) is 0.999. The number of rotatable bonds is 8. The van der Waals surface area contributed by atoms with Crippen LogP contribution in [0.1, 0.15) is 18.1 Å². The number of benzene rings is 2. The second-order valence-corrected chi connectivity index (χ2v) is 7.95. The summed E-state index contributed by atoms with van der Waals surface area (Å²) in [6.07, 6.45) is 4.72. The molecule has 1 aliphatic rings. The molecule has 190 valence electrons. The second-order valence-electron chi connectivity index (χ2n) is 7.95. The molecule has 1 amide bonds. The molecule has 1 aliphatic heterocycles. The number of methoxy groups -OCH3 is 3. The Morgan fingerprint density at radius 3 is 2.24 bits per heavy atom. The maximum atomic E-state index is 13.6. The summed E-state index contributed by atoms with van der Waals surface area (Å²) in [7, 11) is 4.33. The van der Waals surface area contributed by atoms with Gasteiger partial charge in [0.25, 0.3) is 5.91 Å². The van der Waals surface area contributed by atoms with E-state index in [4.69, 9.17) is 23.7 Å². The van der Waals surface area contributed by atoms with Gasteiger partial charge in [0, 0.05) is 24.1 Å². The Kier molecular flexibility index (Phi) is 7.73. The normalized spacial score (nSPS) is 12.9. The number of pyridine rings is 1. The number of esters is 1. The van der Waals surface area contributed by atoms with Crippen molar-refractivity contribution in [1.82, 2.24) is 4.98 Å². The SMILES string of the molecule is COC(=O)C(C(=Cc1ccc2c(c1)OCO2)C(=O)Nc1ccncc1)=C(C)c1cc(OC)cc(OC)c1. The molecule has 1 aromatic heterocycles. The zero-order valence-corrected chi connectivity index (χ0v) is 20.9. The average Bonchev–Trinajstić information content (AvgIpc) is 3.40. The summed E-state index contributed by atoms with van der Waals surface area (Å²) >= 11 is 0. The Labute approximate surface area is 214 Å². The van der Waals surface area contributed by atoms with Crippen molar-refractivity contribution >= 4 is 29.2 Å². The fourth-order valence-electron chi connectivity index (χ4n) is 3.79. The first kappa shape index (κ1) is 25.3. The van der Waals surface area contributed by atoms with Gasteiger partial charge in [0.2, 0.25) is 6.79 Å². The van der Waals surface area contributed by atoms with Gasteiger partial charge in [-0.05, 0) is 66.1 Å². The molecule has 9 heteroatoms. The van der Waals surface area contributed by atoms with Gasteiger partial charge in [-0.15, -0.1) is 0 Å². The number of carbonyl (C=O) groups is 2. The van der Waals surface area contributed by atoms with Crippen LogP contribution in [-0.2, 0) is 14.3 Å². The Morgan fingerprint density at radius 1 is 0.919 bits per heavy atom. The van der Waals surface area contributed by atoms with E-state index in [1.54, 1.807) is 73.9 Å². The van der Waals surface area contributed by atoms with E-state index in [1.165, 1.54) is 21.3 Å². The van der Waals surface area contributed by atoms with E-state index in [1.807, 2.05) is 0 Å². The summed E-state index contributed by atoms with van der Waals surface area (Å²) < 4.78 is 26.8. The molecule has 37 heavy (non-hydrogen) atoms. The topological polar surface area (TPSA) is 105 Å². The molecule has 3 aromatic rings. The Bertz CT molecular complexity index is 1360. The highest BCUT2D eigenvalue weighted by Gasteiger charge is 2.26. The Hall–Kier alpha value is -4.79. The van der Waals surface area contributed by atoms with E-state index < -0.39 is 11.9 Å². The lowest BCUT2D eigenvalue weighted by atomic mass is 9.93. The van der Waals surface area contributed by atoms with Crippen LogP contribution in [0.4, 0.5) is 5.69 Å². The third-order valence-electron chi connectivity index (χ3n) is 5.71. The van der Waals surface area contributed by atoms with Gasteiger partial charge in [-0.25, -0.2) is 4.79 Å². The van der Waals surface area contributed by atoms with Crippen LogP contribution >= 0.6 is 0 Å². The van der Waals surface area contributed by atoms with E-state index in [9.17, 15) is 9.59 Å². The molecule has 0 fully saturated rings.